The summed E-state index contributed by atoms with van der Waals surface area (Å²) >= 11 is 0. The fourth-order valence-corrected chi connectivity index (χ4v) is 0.776. The van der Waals surface area contributed by atoms with Crippen molar-refractivity contribution in [2.75, 3.05) is 6.61 Å². The zero-order valence-electron chi connectivity index (χ0n) is 6.89. The molecular formula is C7H17NO2. The Morgan fingerprint density at radius 1 is 1.50 bits per heavy atom. The highest BCUT2D eigenvalue weighted by Gasteiger charge is 2.15. The minimum Gasteiger partial charge on any atom is -0.395 e. The maximum atomic E-state index is 9.23. The van der Waals surface area contributed by atoms with Gasteiger partial charge in [-0.2, -0.15) is 0 Å². The van der Waals surface area contributed by atoms with Gasteiger partial charge in [0.15, 0.2) is 0 Å². The van der Waals surface area contributed by atoms with Crippen LogP contribution >= 0.6 is 0 Å². The zero-order chi connectivity index (χ0) is 8.20. The largest absolute Gasteiger partial charge is 0.395 e. The summed E-state index contributed by atoms with van der Waals surface area (Å²) in [5.74, 6) is 0. The number of aliphatic hydroxyl groups is 2. The van der Waals surface area contributed by atoms with Crippen LogP contribution in [0.2, 0.25) is 0 Å². The first-order chi connectivity index (χ1) is 4.49. The minimum atomic E-state index is -0.886. The van der Waals surface area contributed by atoms with Crippen LogP contribution in [0.25, 0.3) is 0 Å². The molecule has 0 fully saturated rings. The van der Waals surface area contributed by atoms with Crippen LogP contribution in [-0.2, 0) is 0 Å². The third-order valence-corrected chi connectivity index (χ3v) is 1.27. The Labute approximate surface area is 62.1 Å². The maximum absolute atomic E-state index is 9.23. The molecule has 0 spiro atoms. The number of nitrogens with one attached hydrogen (secondary N) is 1. The van der Waals surface area contributed by atoms with Crippen LogP contribution < -0.4 is 5.32 Å². The Hall–Kier alpha value is -0.120. The van der Waals surface area contributed by atoms with Crippen LogP contribution in [0, 0.1) is 0 Å². The molecule has 0 bridgehead atoms. The van der Waals surface area contributed by atoms with E-state index in [4.69, 9.17) is 5.11 Å². The molecule has 0 amide bonds. The van der Waals surface area contributed by atoms with Gasteiger partial charge in [-0.3, -0.25) is 5.32 Å². The lowest BCUT2D eigenvalue weighted by Crippen LogP contribution is -2.47. The molecule has 0 aliphatic rings. The molecule has 0 aromatic rings. The van der Waals surface area contributed by atoms with Crippen molar-refractivity contribution in [1.29, 1.82) is 0 Å². The third kappa shape index (κ3) is 4.73. The van der Waals surface area contributed by atoms with E-state index in [1.807, 2.05) is 6.92 Å². The first-order valence-corrected chi connectivity index (χ1v) is 3.60. The van der Waals surface area contributed by atoms with Gasteiger partial charge in [-0.15, -0.1) is 0 Å². The molecule has 3 heteroatoms. The first-order valence-electron chi connectivity index (χ1n) is 3.60. The normalized spacial score (nSPS) is 15.3. The number of hydrogen-bond donors (Lipinski definition) is 3. The molecule has 62 valence electrons. The molecule has 0 heterocycles. The lowest BCUT2D eigenvalue weighted by atomic mass is 10.2. The predicted molar refractivity (Wildman–Crippen MR) is 40.6 cm³/mol. The van der Waals surface area contributed by atoms with E-state index < -0.39 is 5.72 Å². The molecule has 0 aromatic carbocycles. The van der Waals surface area contributed by atoms with E-state index >= 15 is 0 Å². The van der Waals surface area contributed by atoms with Gasteiger partial charge in [0.25, 0.3) is 0 Å². The molecule has 0 radical (unpaired) electrons. The average Bonchev–Trinajstić information content (AvgIpc) is 1.81. The van der Waals surface area contributed by atoms with Gasteiger partial charge in [0, 0.05) is 6.04 Å². The van der Waals surface area contributed by atoms with Crippen LogP contribution in [0.1, 0.15) is 27.2 Å². The molecule has 0 saturated carbocycles. The van der Waals surface area contributed by atoms with Crippen molar-refractivity contribution in [2.45, 2.75) is 39.0 Å². The third-order valence-electron chi connectivity index (χ3n) is 1.27. The van der Waals surface area contributed by atoms with Crippen LogP contribution in [0.4, 0.5) is 0 Å². The summed E-state index contributed by atoms with van der Waals surface area (Å²) in [5.41, 5.74) is -0.886. The van der Waals surface area contributed by atoms with Crippen molar-refractivity contribution in [1.82, 2.24) is 5.32 Å². The highest BCUT2D eigenvalue weighted by Crippen LogP contribution is 1.99. The van der Waals surface area contributed by atoms with Gasteiger partial charge in [-0.1, -0.05) is 6.92 Å². The van der Waals surface area contributed by atoms with Crippen molar-refractivity contribution >= 4 is 0 Å². The van der Waals surface area contributed by atoms with Gasteiger partial charge in [-0.05, 0) is 20.3 Å². The van der Waals surface area contributed by atoms with Crippen LogP contribution in [0.15, 0.2) is 0 Å². The molecule has 0 rings (SSSR count). The smallest absolute Gasteiger partial charge is 0.110 e. The quantitative estimate of drug-likeness (QED) is 0.493. The minimum absolute atomic E-state index is 0.000000000000000444. The molecule has 0 saturated heterocycles. The molecule has 0 aliphatic heterocycles. The van der Waals surface area contributed by atoms with Crippen LogP contribution in [0.3, 0.4) is 0 Å². The fourth-order valence-electron chi connectivity index (χ4n) is 0.776. The summed E-state index contributed by atoms with van der Waals surface area (Å²) in [6.07, 6.45) is 0.820. The predicted octanol–water partition coefficient (Wildman–Crippen LogP) is 0.0753. The summed E-state index contributed by atoms with van der Waals surface area (Å²) in [5, 5.41) is 20.8. The second-order valence-electron chi connectivity index (χ2n) is 2.99. The maximum Gasteiger partial charge on any atom is 0.110 e. The Morgan fingerprint density at radius 2 is 2.00 bits per heavy atom. The SMILES string of the molecule is CCC(CO)NC(C)(C)O. The Bertz CT molecular complexity index is 84.1. The summed E-state index contributed by atoms with van der Waals surface area (Å²) in [6, 6.07) is -0.000000000000000444. The van der Waals surface area contributed by atoms with E-state index in [-0.39, 0.29) is 12.6 Å². The van der Waals surface area contributed by atoms with Gasteiger partial charge >= 0.3 is 0 Å². The molecule has 10 heavy (non-hydrogen) atoms. The Kier molecular flexibility index (Phi) is 3.86. The number of rotatable bonds is 4. The number of aliphatic hydroxyl groups excluding tert-OH is 1. The molecule has 0 aromatic heterocycles. The molecule has 1 unspecified atom stereocenters. The molecular weight excluding hydrogens is 130 g/mol. The lowest BCUT2D eigenvalue weighted by molar-refractivity contribution is 0.0212. The monoisotopic (exact) mass is 147 g/mol. The molecule has 3 nitrogen and oxygen atoms in total. The van der Waals surface area contributed by atoms with Crippen molar-refractivity contribution in [3.8, 4) is 0 Å². The van der Waals surface area contributed by atoms with Gasteiger partial charge in [-0.25, -0.2) is 0 Å². The van der Waals surface area contributed by atoms with E-state index in [1.54, 1.807) is 13.8 Å². The van der Waals surface area contributed by atoms with E-state index in [9.17, 15) is 5.11 Å². The van der Waals surface area contributed by atoms with Crippen molar-refractivity contribution in [2.24, 2.45) is 0 Å². The van der Waals surface area contributed by atoms with Gasteiger partial charge < -0.3 is 10.2 Å². The van der Waals surface area contributed by atoms with E-state index in [2.05, 4.69) is 5.32 Å². The Balaban J connectivity index is 3.63. The summed E-state index contributed by atoms with van der Waals surface area (Å²) < 4.78 is 0. The average molecular weight is 147 g/mol. The fraction of sp³-hybridized carbons (Fsp3) is 1.00. The Morgan fingerprint density at radius 3 is 2.10 bits per heavy atom. The molecule has 1 atom stereocenters. The highest BCUT2D eigenvalue weighted by atomic mass is 16.3. The van der Waals surface area contributed by atoms with Crippen molar-refractivity contribution < 1.29 is 10.2 Å². The van der Waals surface area contributed by atoms with E-state index in [0.717, 1.165) is 6.42 Å². The van der Waals surface area contributed by atoms with E-state index in [1.165, 1.54) is 0 Å². The van der Waals surface area contributed by atoms with Gasteiger partial charge in [0.05, 0.1) is 6.61 Å². The van der Waals surface area contributed by atoms with Gasteiger partial charge in [0.2, 0.25) is 0 Å². The summed E-state index contributed by atoms with van der Waals surface area (Å²) in [6.45, 7) is 5.34. The van der Waals surface area contributed by atoms with Crippen molar-refractivity contribution in [3.63, 3.8) is 0 Å². The molecule has 3 N–H and O–H groups in total. The van der Waals surface area contributed by atoms with Crippen molar-refractivity contribution in [3.05, 3.63) is 0 Å². The second kappa shape index (κ2) is 3.91. The molecule has 0 aliphatic carbocycles. The summed E-state index contributed by atoms with van der Waals surface area (Å²) in [7, 11) is 0. The van der Waals surface area contributed by atoms with Gasteiger partial charge in [0.1, 0.15) is 5.72 Å². The van der Waals surface area contributed by atoms with Crippen LogP contribution in [0.5, 0.6) is 0 Å². The van der Waals surface area contributed by atoms with E-state index in [0.29, 0.717) is 0 Å². The highest BCUT2D eigenvalue weighted by molar-refractivity contribution is 4.70. The van der Waals surface area contributed by atoms with Crippen LogP contribution in [-0.4, -0.2) is 28.6 Å². The standard InChI is InChI=1S/C7H17NO2/c1-4-6(5-9)8-7(2,3)10/h6,8-10H,4-5H2,1-3H3. The summed E-state index contributed by atoms with van der Waals surface area (Å²) in [4.78, 5) is 0. The lowest BCUT2D eigenvalue weighted by Gasteiger charge is -2.24. The second-order valence-corrected chi connectivity index (χ2v) is 2.99. The zero-order valence-corrected chi connectivity index (χ0v) is 6.89. The topological polar surface area (TPSA) is 52.5 Å². The number of hydrogen-bond acceptors (Lipinski definition) is 3. The first kappa shape index (κ1) is 9.88.